The van der Waals surface area contributed by atoms with E-state index in [4.69, 9.17) is 14.0 Å². The quantitative estimate of drug-likeness (QED) is 0.389. The molecule has 1 heterocycles. The van der Waals surface area contributed by atoms with E-state index in [9.17, 15) is 9.59 Å². The summed E-state index contributed by atoms with van der Waals surface area (Å²) >= 11 is 0. The van der Waals surface area contributed by atoms with Crippen molar-refractivity contribution < 1.29 is 23.6 Å². The van der Waals surface area contributed by atoms with Crippen LogP contribution in [0, 0.1) is 13.8 Å². The largest absolute Gasteiger partial charge is 0.496 e. The first-order valence-corrected chi connectivity index (χ1v) is 10.7. The number of amides is 2. The Morgan fingerprint density at radius 3 is 2.29 bits per heavy atom. The van der Waals surface area contributed by atoms with Crippen molar-refractivity contribution in [3.63, 3.8) is 0 Å². The molecule has 0 aliphatic heterocycles. The topological polar surface area (TPSA) is 128 Å². The highest BCUT2D eigenvalue weighted by molar-refractivity contribution is 5.95. The van der Waals surface area contributed by atoms with Crippen LogP contribution in [0.25, 0.3) is 11.4 Å². The van der Waals surface area contributed by atoms with Crippen molar-refractivity contribution in [1.29, 1.82) is 0 Å². The maximum absolute atomic E-state index is 12.9. The fourth-order valence-corrected chi connectivity index (χ4v) is 3.38. The fraction of sp³-hybridized carbons (Fsp3) is 0.333. The summed E-state index contributed by atoms with van der Waals surface area (Å²) in [5.41, 5.74) is 3.65. The number of aryl methyl sites for hydroxylation is 1. The molecule has 0 aliphatic rings. The van der Waals surface area contributed by atoms with E-state index in [0.717, 1.165) is 22.4 Å². The van der Waals surface area contributed by atoms with Gasteiger partial charge in [0.2, 0.25) is 17.6 Å². The van der Waals surface area contributed by atoms with Crippen LogP contribution in [0.3, 0.4) is 0 Å². The molecular formula is C24H29N5O5. The first-order chi connectivity index (χ1) is 16.3. The normalized spacial score (nSPS) is 10.5. The summed E-state index contributed by atoms with van der Waals surface area (Å²) < 4.78 is 15.8. The number of methoxy groups -OCH3 is 2. The zero-order valence-corrected chi connectivity index (χ0v) is 19.9. The summed E-state index contributed by atoms with van der Waals surface area (Å²) in [7, 11) is 3.10. The molecule has 0 atom stereocenters. The summed E-state index contributed by atoms with van der Waals surface area (Å²) in [6, 6.07) is 9.00. The number of carbonyl (C=O) groups is 2. The first kappa shape index (κ1) is 24.6. The maximum atomic E-state index is 12.9. The van der Waals surface area contributed by atoms with E-state index in [1.165, 1.54) is 6.92 Å². The van der Waals surface area contributed by atoms with Crippen LogP contribution in [0.4, 0.5) is 5.69 Å². The van der Waals surface area contributed by atoms with Crippen LogP contribution < -0.4 is 25.4 Å². The maximum Gasteiger partial charge on any atom is 0.251 e. The Balaban J connectivity index is 1.79. The predicted octanol–water partition coefficient (Wildman–Crippen LogP) is 2.85. The molecule has 0 saturated heterocycles. The molecule has 0 saturated carbocycles. The molecule has 3 aromatic rings. The molecular weight excluding hydrogens is 438 g/mol. The molecule has 2 aromatic carbocycles. The SMILES string of the molecule is COc1cc(C(=O)NCc2ccc(-c3noc(C)n3)cc2NCCNC(C)=O)cc(OC)c1C. The van der Waals surface area contributed by atoms with Gasteiger partial charge >= 0.3 is 0 Å². The van der Waals surface area contributed by atoms with Gasteiger partial charge in [-0.15, -0.1) is 0 Å². The number of ether oxygens (including phenoxy) is 2. The summed E-state index contributed by atoms with van der Waals surface area (Å²) in [4.78, 5) is 28.3. The zero-order valence-electron chi connectivity index (χ0n) is 19.9. The molecule has 10 nitrogen and oxygen atoms in total. The number of benzene rings is 2. The highest BCUT2D eigenvalue weighted by Gasteiger charge is 2.15. The van der Waals surface area contributed by atoms with Gasteiger partial charge in [0.25, 0.3) is 5.91 Å². The van der Waals surface area contributed by atoms with Crippen molar-refractivity contribution in [2.75, 3.05) is 32.6 Å². The highest BCUT2D eigenvalue weighted by Crippen LogP contribution is 2.29. The third kappa shape index (κ3) is 6.03. The van der Waals surface area contributed by atoms with Crippen molar-refractivity contribution >= 4 is 17.5 Å². The number of anilines is 1. The lowest BCUT2D eigenvalue weighted by atomic mass is 10.1. The second-order valence-corrected chi connectivity index (χ2v) is 7.61. The van der Waals surface area contributed by atoms with Crippen LogP contribution in [0.1, 0.15) is 34.3 Å². The Labute approximate surface area is 198 Å². The smallest absolute Gasteiger partial charge is 0.251 e. The lowest BCUT2D eigenvalue weighted by molar-refractivity contribution is -0.118. The number of rotatable bonds is 10. The minimum atomic E-state index is -0.265. The van der Waals surface area contributed by atoms with E-state index in [-0.39, 0.29) is 18.4 Å². The second-order valence-electron chi connectivity index (χ2n) is 7.61. The van der Waals surface area contributed by atoms with E-state index in [1.807, 2.05) is 25.1 Å². The van der Waals surface area contributed by atoms with E-state index in [2.05, 4.69) is 26.1 Å². The number of hydrogen-bond acceptors (Lipinski definition) is 8. The van der Waals surface area contributed by atoms with Crippen molar-refractivity contribution in [2.45, 2.75) is 27.3 Å². The fourth-order valence-electron chi connectivity index (χ4n) is 3.38. The lowest BCUT2D eigenvalue weighted by Gasteiger charge is -2.15. The molecule has 34 heavy (non-hydrogen) atoms. The number of carbonyl (C=O) groups excluding carboxylic acids is 2. The van der Waals surface area contributed by atoms with Gasteiger partial charge in [0.05, 0.1) is 14.2 Å². The van der Waals surface area contributed by atoms with Crippen LogP contribution in [0.5, 0.6) is 11.5 Å². The van der Waals surface area contributed by atoms with Gasteiger partial charge in [-0.1, -0.05) is 17.3 Å². The molecule has 0 radical (unpaired) electrons. The van der Waals surface area contributed by atoms with E-state index < -0.39 is 0 Å². The van der Waals surface area contributed by atoms with Gasteiger partial charge in [-0.3, -0.25) is 9.59 Å². The average molecular weight is 468 g/mol. The number of nitrogens with zero attached hydrogens (tertiary/aromatic N) is 2. The van der Waals surface area contributed by atoms with E-state index in [0.29, 0.717) is 41.9 Å². The van der Waals surface area contributed by atoms with Crippen LogP contribution >= 0.6 is 0 Å². The van der Waals surface area contributed by atoms with Gasteiger partial charge in [0.15, 0.2) is 0 Å². The predicted molar refractivity (Wildman–Crippen MR) is 127 cm³/mol. The highest BCUT2D eigenvalue weighted by atomic mass is 16.5. The minimum absolute atomic E-state index is 0.103. The zero-order chi connectivity index (χ0) is 24.7. The Morgan fingerprint density at radius 2 is 1.71 bits per heavy atom. The van der Waals surface area contributed by atoms with Crippen molar-refractivity contribution in [1.82, 2.24) is 20.8 Å². The van der Waals surface area contributed by atoms with Crippen LogP contribution in [0.2, 0.25) is 0 Å². The summed E-state index contributed by atoms with van der Waals surface area (Å²) in [6.07, 6.45) is 0. The molecule has 1 aromatic heterocycles. The first-order valence-electron chi connectivity index (χ1n) is 10.7. The standard InChI is InChI=1S/C24H29N5O5/c1-14-21(32-4)11-19(12-22(14)33-5)24(31)27-13-18-7-6-17(23-28-16(3)34-29-23)10-20(18)26-9-8-25-15(2)30/h6-7,10-12,26H,8-9,13H2,1-5H3,(H,25,30)(H,27,31). The Kier molecular flexibility index (Phi) is 8.07. The summed E-state index contributed by atoms with van der Waals surface area (Å²) in [5, 5.41) is 13.0. The molecule has 3 rings (SSSR count). The second kappa shape index (κ2) is 11.2. The number of nitrogens with one attached hydrogen (secondary N) is 3. The van der Waals surface area contributed by atoms with Crippen LogP contribution in [-0.2, 0) is 11.3 Å². The Morgan fingerprint density at radius 1 is 1.00 bits per heavy atom. The molecule has 0 unspecified atom stereocenters. The molecule has 0 aliphatic carbocycles. The van der Waals surface area contributed by atoms with Crippen LogP contribution in [-0.4, -0.2) is 49.3 Å². The van der Waals surface area contributed by atoms with E-state index >= 15 is 0 Å². The number of aromatic nitrogens is 2. The van der Waals surface area contributed by atoms with Crippen molar-refractivity contribution in [3.05, 3.63) is 52.9 Å². The Hall–Kier alpha value is -4.08. The molecule has 0 spiro atoms. The molecule has 0 bridgehead atoms. The third-order valence-corrected chi connectivity index (χ3v) is 5.16. The average Bonchev–Trinajstić information content (AvgIpc) is 3.26. The monoisotopic (exact) mass is 467 g/mol. The number of hydrogen-bond donors (Lipinski definition) is 3. The minimum Gasteiger partial charge on any atom is -0.496 e. The van der Waals surface area contributed by atoms with Crippen molar-refractivity contribution in [2.24, 2.45) is 0 Å². The summed E-state index contributed by atoms with van der Waals surface area (Å²) in [6.45, 7) is 6.28. The van der Waals surface area contributed by atoms with Gasteiger partial charge in [-0.2, -0.15) is 4.98 Å². The van der Waals surface area contributed by atoms with E-state index in [1.54, 1.807) is 33.3 Å². The van der Waals surface area contributed by atoms with Gasteiger partial charge in [-0.05, 0) is 30.7 Å². The molecule has 3 N–H and O–H groups in total. The third-order valence-electron chi connectivity index (χ3n) is 5.16. The summed E-state index contributed by atoms with van der Waals surface area (Å²) in [5.74, 6) is 1.72. The molecule has 2 amide bonds. The van der Waals surface area contributed by atoms with Crippen LogP contribution in [0.15, 0.2) is 34.9 Å². The van der Waals surface area contributed by atoms with Gasteiger partial charge < -0.3 is 29.9 Å². The molecule has 0 fully saturated rings. The van der Waals surface area contributed by atoms with Crippen molar-refractivity contribution in [3.8, 4) is 22.9 Å². The van der Waals surface area contributed by atoms with Gasteiger partial charge in [0.1, 0.15) is 11.5 Å². The molecule has 180 valence electrons. The molecule has 10 heteroatoms. The van der Waals surface area contributed by atoms with Gasteiger partial charge in [-0.25, -0.2) is 0 Å². The lowest BCUT2D eigenvalue weighted by Crippen LogP contribution is -2.27. The van der Waals surface area contributed by atoms with Gasteiger partial charge in [0, 0.05) is 55.9 Å². The Bertz CT molecular complexity index is 1150.